The van der Waals surface area contributed by atoms with Crippen molar-refractivity contribution in [2.45, 2.75) is 43.6 Å². The number of hydrogen-bond acceptors (Lipinski definition) is 8. The Hall–Kier alpha value is -2.68. The van der Waals surface area contributed by atoms with Crippen LogP contribution in [0.25, 0.3) is 0 Å². The van der Waals surface area contributed by atoms with E-state index in [1.54, 1.807) is 13.0 Å². The quantitative estimate of drug-likeness (QED) is 0.298. The van der Waals surface area contributed by atoms with E-state index in [2.05, 4.69) is 6.58 Å². The first kappa shape index (κ1) is 25.0. The van der Waals surface area contributed by atoms with Crippen LogP contribution < -0.4 is 0 Å². The normalized spacial score (nSPS) is 15.8. The van der Waals surface area contributed by atoms with Gasteiger partial charge in [0.2, 0.25) is 0 Å². The summed E-state index contributed by atoms with van der Waals surface area (Å²) < 4.78 is 15.7. The Morgan fingerprint density at radius 1 is 1.15 bits per heavy atom. The van der Waals surface area contributed by atoms with Crippen LogP contribution >= 0.6 is 11.8 Å². The fourth-order valence-corrected chi connectivity index (χ4v) is 4.56. The van der Waals surface area contributed by atoms with Gasteiger partial charge in [-0.05, 0) is 31.4 Å². The van der Waals surface area contributed by atoms with Gasteiger partial charge in [-0.15, -0.1) is 0 Å². The molecule has 0 fully saturated rings. The summed E-state index contributed by atoms with van der Waals surface area (Å²) in [7, 11) is 0. The summed E-state index contributed by atoms with van der Waals surface area (Å²) in [6, 6.07) is 7.82. The highest BCUT2D eigenvalue weighted by atomic mass is 32.2. The molecule has 0 radical (unpaired) electrons. The van der Waals surface area contributed by atoms with Crippen molar-refractivity contribution in [3.8, 4) is 0 Å². The van der Waals surface area contributed by atoms with E-state index in [4.69, 9.17) is 14.2 Å². The molecule has 1 atom stereocenters. The first-order chi connectivity index (χ1) is 15.9. The molecule has 0 saturated carbocycles. The lowest BCUT2D eigenvalue weighted by molar-refractivity contribution is -0.143. The molecule has 1 aromatic rings. The highest BCUT2D eigenvalue weighted by molar-refractivity contribution is 8.03. The van der Waals surface area contributed by atoms with Gasteiger partial charge in [-0.2, -0.15) is 0 Å². The molecule has 0 aromatic heterocycles. The number of ether oxygens (including phenoxy) is 3. The van der Waals surface area contributed by atoms with Crippen molar-refractivity contribution in [3.63, 3.8) is 0 Å². The van der Waals surface area contributed by atoms with Crippen LogP contribution in [0.15, 0.2) is 63.4 Å². The second-order valence-electron chi connectivity index (χ2n) is 7.89. The number of hydrogen-bond donors (Lipinski definition) is 1. The van der Waals surface area contributed by atoms with Crippen molar-refractivity contribution in [3.05, 3.63) is 64.1 Å². The van der Waals surface area contributed by atoms with Gasteiger partial charge in [-0.3, -0.25) is 4.79 Å². The fourth-order valence-electron chi connectivity index (χ4n) is 3.33. The van der Waals surface area contributed by atoms with Crippen molar-refractivity contribution in [2.24, 2.45) is 0 Å². The van der Waals surface area contributed by atoms with Crippen LogP contribution in [0.5, 0.6) is 0 Å². The number of carbonyl (C=O) groups is 3. The number of thioether (sulfide) groups is 1. The van der Waals surface area contributed by atoms with Crippen LogP contribution in [0, 0.1) is 0 Å². The summed E-state index contributed by atoms with van der Waals surface area (Å²) in [6.07, 6.45) is 2.61. The minimum absolute atomic E-state index is 0.0198. The summed E-state index contributed by atoms with van der Waals surface area (Å²) in [5.41, 5.74) is 2.46. The molecule has 1 heterocycles. The molecule has 8 heteroatoms. The first-order valence-electron chi connectivity index (χ1n) is 10.8. The van der Waals surface area contributed by atoms with E-state index in [1.807, 2.05) is 24.3 Å². The van der Waals surface area contributed by atoms with Gasteiger partial charge in [0.15, 0.2) is 5.78 Å². The van der Waals surface area contributed by atoms with Crippen LogP contribution in [-0.2, 0) is 35.0 Å². The zero-order valence-corrected chi connectivity index (χ0v) is 19.4. The van der Waals surface area contributed by atoms with Gasteiger partial charge in [0.1, 0.15) is 12.7 Å². The Bertz CT molecular complexity index is 992. The molecule has 1 aliphatic heterocycles. The molecule has 7 nitrogen and oxygen atoms in total. The van der Waals surface area contributed by atoms with E-state index in [-0.39, 0.29) is 32.0 Å². The number of aliphatic hydroxyl groups excluding tert-OH is 1. The maximum Gasteiger partial charge on any atom is 0.339 e. The van der Waals surface area contributed by atoms with Gasteiger partial charge < -0.3 is 19.3 Å². The third-order valence-electron chi connectivity index (χ3n) is 5.10. The summed E-state index contributed by atoms with van der Waals surface area (Å²) in [5, 5.41) is 10.1. The number of rotatable bonds is 11. The van der Waals surface area contributed by atoms with Gasteiger partial charge in [0.25, 0.3) is 0 Å². The smallest absolute Gasteiger partial charge is 0.339 e. The largest absolute Gasteiger partial charge is 0.462 e. The molecule has 1 N–H and O–H groups in total. The lowest BCUT2D eigenvalue weighted by atomic mass is 9.92. The fraction of sp³-hybridized carbons (Fsp3) is 0.400. The van der Waals surface area contributed by atoms with Crippen LogP contribution in [0.1, 0.15) is 31.7 Å². The second kappa shape index (κ2) is 12.0. The van der Waals surface area contributed by atoms with Crippen molar-refractivity contribution < 1.29 is 33.7 Å². The molecule has 0 amide bonds. The van der Waals surface area contributed by atoms with Crippen LogP contribution in [-0.4, -0.2) is 55.4 Å². The molecular formula is C25H28O7S. The minimum Gasteiger partial charge on any atom is -0.462 e. The summed E-state index contributed by atoms with van der Waals surface area (Å²) in [5.74, 6) is -0.948. The first-order valence-corrected chi connectivity index (χ1v) is 11.7. The topological polar surface area (TPSA) is 99.1 Å². The van der Waals surface area contributed by atoms with Gasteiger partial charge >= 0.3 is 11.9 Å². The molecule has 0 saturated heterocycles. The van der Waals surface area contributed by atoms with Crippen LogP contribution in [0.3, 0.4) is 0 Å². The lowest BCUT2D eigenvalue weighted by Gasteiger charge is -2.25. The van der Waals surface area contributed by atoms with E-state index in [0.717, 1.165) is 10.5 Å². The zero-order valence-electron chi connectivity index (χ0n) is 18.6. The van der Waals surface area contributed by atoms with Gasteiger partial charge in [-0.1, -0.05) is 42.6 Å². The SMILES string of the molecule is C=C(C)C(=O)OCCCCOCC(O)COC(=O)C1=CCC(=O)C2=C1Sc1ccccc1C2. The molecular weight excluding hydrogens is 444 g/mol. The van der Waals surface area contributed by atoms with E-state index in [9.17, 15) is 19.5 Å². The van der Waals surface area contributed by atoms with E-state index < -0.39 is 18.0 Å². The van der Waals surface area contributed by atoms with Gasteiger partial charge in [0, 0.05) is 40.4 Å². The Balaban J connectivity index is 1.40. The van der Waals surface area contributed by atoms with E-state index in [1.165, 1.54) is 11.8 Å². The Kier molecular flexibility index (Phi) is 9.05. The standard InChI is InChI=1S/C25H28O7S/c1-16(2)24(28)31-12-6-5-11-30-14-18(26)15-32-25(29)19-9-10-21(27)20-13-17-7-3-4-8-22(17)33-23(19)20/h3-4,7-9,18,26H,1,5-6,10-15H2,2H3. The molecule has 2 aliphatic rings. The number of unbranched alkanes of at least 4 members (excludes halogenated alkanes) is 1. The molecule has 1 aromatic carbocycles. The molecule has 176 valence electrons. The predicted molar refractivity (Wildman–Crippen MR) is 124 cm³/mol. The Morgan fingerprint density at radius 2 is 1.91 bits per heavy atom. The second-order valence-corrected chi connectivity index (χ2v) is 8.94. The van der Waals surface area contributed by atoms with Gasteiger partial charge in [-0.25, -0.2) is 9.59 Å². The number of fused-ring (bicyclic) bond motifs is 1. The number of esters is 2. The lowest BCUT2D eigenvalue weighted by Crippen LogP contribution is -2.26. The van der Waals surface area contributed by atoms with Crippen LogP contribution in [0.4, 0.5) is 0 Å². The van der Waals surface area contributed by atoms with E-state index in [0.29, 0.717) is 47.5 Å². The van der Waals surface area contributed by atoms with Crippen molar-refractivity contribution in [2.75, 3.05) is 26.4 Å². The summed E-state index contributed by atoms with van der Waals surface area (Å²) in [4.78, 5) is 38.0. The summed E-state index contributed by atoms with van der Waals surface area (Å²) in [6.45, 7) is 5.58. The number of benzene rings is 1. The zero-order chi connectivity index (χ0) is 23.8. The number of ketones is 1. The van der Waals surface area contributed by atoms with Crippen molar-refractivity contribution in [1.82, 2.24) is 0 Å². The number of aliphatic hydroxyl groups is 1. The molecule has 3 rings (SSSR count). The number of Topliss-reactive ketones (excluding diaryl/α,β-unsaturated/α-hetero) is 1. The Labute approximate surface area is 197 Å². The Morgan fingerprint density at radius 3 is 2.70 bits per heavy atom. The maximum absolute atomic E-state index is 12.7. The molecule has 0 bridgehead atoms. The van der Waals surface area contributed by atoms with Crippen molar-refractivity contribution in [1.29, 1.82) is 0 Å². The highest BCUT2D eigenvalue weighted by Crippen LogP contribution is 2.44. The molecule has 0 spiro atoms. The average Bonchev–Trinajstić information content (AvgIpc) is 2.81. The number of carbonyl (C=O) groups excluding carboxylic acids is 3. The predicted octanol–water partition coefficient (Wildman–Crippen LogP) is 3.31. The monoisotopic (exact) mass is 472 g/mol. The molecule has 33 heavy (non-hydrogen) atoms. The van der Waals surface area contributed by atoms with E-state index >= 15 is 0 Å². The number of allylic oxidation sites excluding steroid dienone is 2. The van der Waals surface area contributed by atoms with Crippen molar-refractivity contribution >= 4 is 29.5 Å². The third kappa shape index (κ3) is 6.90. The van der Waals surface area contributed by atoms with Crippen LogP contribution in [0.2, 0.25) is 0 Å². The minimum atomic E-state index is -0.964. The summed E-state index contributed by atoms with van der Waals surface area (Å²) >= 11 is 1.41. The molecule has 1 unspecified atom stereocenters. The van der Waals surface area contributed by atoms with Gasteiger partial charge in [0.05, 0.1) is 18.8 Å². The maximum atomic E-state index is 12.7. The molecule has 1 aliphatic carbocycles. The highest BCUT2D eigenvalue weighted by Gasteiger charge is 2.32. The average molecular weight is 473 g/mol. The third-order valence-corrected chi connectivity index (χ3v) is 6.39.